The van der Waals surface area contributed by atoms with Crippen molar-refractivity contribution in [2.75, 3.05) is 18.0 Å². The van der Waals surface area contributed by atoms with Crippen LogP contribution in [-0.2, 0) is 17.3 Å². The van der Waals surface area contributed by atoms with Crippen molar-refractivity contribution in [2.24, 2.45) is 0 Å². The topological polar surface area (TPSA) is 61.9 Å². The second kappa shape index (κ2) is 6.41. The Hall–Kier alpha value is -2.69. The molecule has 5 rings (SSSR count). The van der Waals surface area contributed by atoms with Gasteiger partial charge in [0, 0.05) is 41.1 Å². The Bertz CT molecular complexity index is 1140. The van der Waals surface area contributed by atoms with Crippen LogP contribution in [-0.4, -0.2) is 28.0 Å². The zero-order chi connectivity index (χ0) is 20.2. The van der Waals surface area contributed by atoms with Crippen molar-refractivity contribution in [3.8, 4) is 0 Å². The number of nitrogens with zero attached hydrogens (tertiary/aromatic N) is 3. The van der Waals surface area contributed by atoms with Gasteiger partial charge in [0.05, 0.1) is 5.69 Å². The predicted molar refractivity (Wildman–Crippen MR) is 117 cm³/mol. The number of nitrogens with one attached hydrogen (secondary N) is 1. The van der Waals surface area contributed by atoms with E-state index in [1.54, 1.807) is 0 Å². The third-order valence-electron chi connectivity index (χ3n) is 6.61. The maximum atomic E-state index is 12.8. The normalized spacial score (nSPS) is 21.7. The second-order valence-electron chi connectivity index (χ2n) is 9.65. The lowest BCUT2D eigenvalue weighted by Gasteiger charge is -2.41. The minimum absolute atomic E-state index is 0.0530. The predicted octanol–water partition coefficient (Wildman–Crippen LogP) is 4.10. The first-order valence-corrected chi connectivity index (χ1v) is 10.6. The Morgan fingerprint density at radius 3 is 2.79 bits per heavy atom. The maximum Gasteiger partial charge on any atom is 0.254 e. The molecule has 1 aromatic carbocycles. The molecule has 29 heavy (non-hydrogen) atoms. The standard InChI is InChI=1S/C24H28N4O/c1-23(2,3)22-26-19-18(21(29)27-22)9-12-24(19)11-6-14-28(15-24)20-17-8-5-4-7-16(17)10-13-25-20/h4-5,7-8,10,13H,6,9,11-12,14-15H2,1-3H3,(H,26,27,29). The molecular formula is C24H28N4O. The Balaban J connectivity index is 1.59. The molecule has 1 saturated heterocycles. The summed E-state index contributed by atoms with van der Waals surface area (Å²) in [5, 5.41) is 2.41. The largest absolute Gasteiger partial charge is 0.355 e. The number of aromatic amines is 1. The SMILES string of the molecule is CC(C)(C)c1nc2c(c(=O)[nH]1)CCC21CCCN(c2nccc3ccccc23)C1. The molecule has 5 heteroatoms. The quantitative estimate of drug-likeness (QED) is 0.682. The van der Waals surface area contributed by atoms with E-state index in [1.807, 2.05) is 6.20 Å². The van der Waals surface area contributed by atoms with Gasteiger partial charge in [0.1, 0.15) is 11.6 Å². The van der Waals surface area contributed by atoms with Crippen LogP contribution >= 0.6 is 0 Å². The van der Waals surface area contributed by atoms with Crippen LogP contribution in [0.3, 0.4) is 0 Å². The van der Waals surface area contributed by atoms with E-state index in [1.165, 1.54) is 10.8 Å². The summed E-state index contributed by atoms with van der Waals surface area (Å²) in [6, 6.07) is 10.5. The van der Waals surface area contributed by atoms with Crippen molar-refractivity contribution in [2.45, 2.75) is 57.3 Å². The fourth-order valence-electron chi connectivity index (χ4n) is 5.07. The Morgan fingerprint density at radius 2 is 1.97 bits per heavy atom. The average molecular weight is 389 g/mol. The second-order valence-corrected chi connectivity index (χ2v) is 9.65. The van der Waals surface area contributed by atoms with Crippen molar-refractivity contribution in [3.63, 3.8) is 0 Å². The van der Waals surface area contributed by atoms with Gasteiger partial charge in [-0.1, -0.05) is 45.0 Å². The van der Waals surface area contributed by atoms with Gasteiger partial charge in [-0.05, 0) is 37.1 Å². The number of rotatable bonds is 1. The lowest BCUT2D eigenvalue weighted by atomic mass is 9.77. The highest BCUT2D eigenvalue weighted by molar-refractivity contribution is 5.92. The molecule has 0 radical (unpaired) electrons. The van der Waals surface area contributed by atoms with Gasteiger partial charge in [0.15, 0.2) is 0 Å². The highest BCUT2D eigenvalue weighted by Gasteiger charge is 2.45. The molecule has 5 nitrogen and oxygen atoms in total. The number of H-pyrrole nitrogens is 1. The van der Waals surface area contributed by atoms with Gasteiger partial charge >= 0.3 is 0 Å². The third kappa shape index (κ3) is 2.95. The molecule has 150 valence electrons. The van der Waals surface area contributed by atoms with Crippen LogP contribution in [0.15, 0.2) is 41.3 Å². The number of aromatic nitrogens is 3. The number of benzene rings is 1. The highest BCUT2D eigenvalue weighted by Crippen LogP contribution is 2.44. The molecule has 1 aliphatic heterocycles. The molecule has 1 unspecified atom stereocenters. The maximum absolute atomic E-state index is 12.8. The molecule has 3 heterocycles. The van der Waals surface area contributed by atoms with E-state index in [2.05, 4.69) is 61.0 Å². The summed E-state index contributed by atoms with van der Waals surface area (Å²) in [6.45, 7) is 8.18. The van der Waals surface area contributed by atoms with Crippen molar-refractivity contribution < 1.29 is 0 Å². The molecule has 1 N–H and O–H groups in total. The van der Waals surface area contributed by atoms with E-state index in [0.29, 0.717) is 0 Å². The van der Waals surface area contributed by atoms with Gasteiger partial charge in [0.2, 0.25) is 0 Å². The summed E-state index contributed by atoms with van der Waals surface area (Å²) >= 11 is 0. The van der Waals surface area contributed by atoms with Crippen molar-refractivity contribution in [3.05, 3.63) is 64.0 Å². The Morgan fingerprint density at radius 1 is 1.14 bits per heavy atom. The van der Waals surface area contributed by atoms with Crippen LogP contribution in [0.25, 0.3) is 10.8 Å². The fraction of sp³-hybridized carbons (Fsp3) is 0.458. The third-order valence-corrected chi connectivity index (χ3v) is 6.61. The summed E-state index contributed by atoms with van der Waals surface area (Å²) in [4.78, 5) is 28.1. The average Bonchev–Trinajstić information content (AvgIpc) is 3.05. The molecule has 0 bridgehead atoms. The van der Waals surface area contributed by atoms with Gasteiger partial charge in [-0.25, -0.2) is 9.97 Å². The van der Waals surface area contributed by atoms with Crippen LogP contribution < -0.4 is 10.5 Å². The van der Waals surface area contributed by atoms with E-state index in [4.69, 9.17) is 9.97 Å². The monoisotopic (exact) mass is 388 g/mol. The summed E-state index contributed by atoms with van der Waals surface area (Å²) in [5.41, 5.74) is 1.75. The Kier molecular flexibility index (Phi) is 4.05. The number of hydrogen-bond acceptors (Lipinski definition) is 4. The lowest BCUT2D eigenvalue weighted by Crippen LogP contribution is -2.46. The molecule has 2 aromatic heterocycles. The molecule has 1 fully saturated rings. The van der Waals surface area contributed by atoms with Crippen LogP contribution in [0.4, 0.5) is 5.82 Å². The molecule has 1 aliphatic carbocycles. The summed E-state index contributed by atoms with van der Waals surface area (Å²) in [7, 11) is 0. The van der Waals surface area contributed by atoms with Crippen LogP contribution in [0.1, 0.15) is 57.1 Å². The minimum atomic E-state index is -0.177. The fourth-order valence-corrected chi connectivity index (χ4v) is 5.07. The Labute approximate surface area is 171 Å². The number of anilines is 1. The van der Waals surface area contributed by atoms with Gasteiger partial charge in [-0.3, -0.25) is 4.79 Å². The van der Waals surface area contributed by atoms with E-state index < -0.39 is 0 Å². The first-order chi connectivity index (χ1) is 13.9. The van der Waals surface area contributed by atoms with E-state index >= 15 is 0 Å². The zero-order valence-corrected chi connectivity index (χ0v) is 17.5. The number of fused-ring (bicyclic) bond motifs is 3. The van der Waals surface area contributed by atoms with Crippen molar-refractivity contribution >= 4 is 16.6 Å². The van der Waals surface area contributed by atoms with Crippen LogP contribution in [0.5, 0.6) is 0 Å². The molecule has 1 atom stereocenters. The van der Waals surface area contributed by atoms with E-state index in [-0.39, 0.29) is 16.4 Å². The number of hydrogen-bond donors (Lipinski definition) is 1. The first-order valence-electron chi connectivity index (χ1n) is 10.6. The van der Waals surface area contributed by atoms with Gasteiger partial charge in [-0.15, -0.1) is 0 Å². The van der Waals surface area contributed by atoms with E-state index in [0.717, 1.165) is 61.7 Å². The minimum Gasteiger partial charge on any atom is -0.355 e. The van der Waals surface area contributed by atoms with Gasteiger partial charge in [-0.2, -0.15) is 0 Å². The summed E-state index contributed by atoms with van der Waals surface area (Å²) in [6.07, 6.45) is 5.89. The van der Waals surface area contributed by atoms with Crippen LogP contribution in [0.2, 0.25) is 0 Å². The smallest absolute Gasteiger partial charge is 0.254 e. The van der Waals surface area contributed by atoms with Crippen molar-refractivity contribution in [1.29, 1.82) is 0 Å². The molecule has 2 aliphatic rings. The van der Waals surface area contributed by atoms with Crippen LogP contribution in [0, 0.1) is 0 Å². The number of pyridine rings is 1. The lowest BCUT2D eigenvalue weighted by molar-refractivity contribution is 0.331. The molecule has 1 spiro atoms. The summed E-state index contributed by atoms with van der Waals surface area (Å²) in [5.74, 6) is 1.85. The van der Waals surface area contributed by atoms with Gasteiger partial charge in [0.25, 0.3) is 5.56 Å². The summed E-state index contributed by atoms with van der Waals surface area (Å²) < 4.78 is 0. The van der Waals surface area contributed by atoms with E-state index in [9.17, 15) is 4.79 Å². The highest BCUT2D eigenvalue weighted by atomic mass is 16.1. The first kappa shape index (κ1) is 18.3. The number of piperidine rings is 1. The molecule has 0 saturated carbocycles. The van der Waals surface area contributed by atoms with Crippen molar-refractivity contribution in [1.82, 2.24) is 15.0 Å². The molecule has 0 amide bonds. The molecule has 3 aromatic rings. The zero-order valence-electron chi connectivity index (χ0n) is 17.5. The molecular weight excluding hydrogens is 360 g/mol. The van der Waals surface area contributed by atoms with Gasteiger partial charge < -0.3 is 9.88 Å².